The van der Waals surface area contributed by atoms with Crippen LogP contribution in [0, 0.1) is 0 Å². The predicted octanol–water partition coefficient (Wildman–Crippen LogP) is 2.46. The van der Waals surface area contributed by atoms with Crippen LogP contribution in [0.4, 0.5) is 0 Å². The lowest BCUT2D eigenvalue weighted by Gasteiger charge is -2.26. The van der Waals surface area contributed by atoms with Gasteiger partial charge in [0, 0.05) is 26.8 Å². The zero-order chi connectivity index (χ0) is 14.6. The molecule has 0 N–H and O–H groups in total. The summed E-state index contributed by atoms with van der Waals surface area (Å²) in [5.74, 6) is 0. The van der Waals surface area contributed by atoms with Gasteiger partial charge in [0.25, 0.3) is 0 Å². The van der Waals surface area contributed by atoms with Crippen molar-refractivity contribution in [2.75, 3.05) is 34.0 Å². The molecule has 2 rings (SSSR count). The van der Waals surface area contributed by atoms with Gasteiger partial charge in [-0.15, -0.1) is 0 Å². The van der Waals surface area contributed by atoms with E-state index in [1.807, 2.05) is 6.07 Å². The molecule has 4 heteroatoms. The lowest BCUT2D eigenvalue weighted by atomic mass is 10.1. The third-order valence-electron chi connectivity index (χ3n) is 4.07. The van der Waals surface area contributed by atoms with Crippen molar-refractivity contribution in [3.05, 3.63) is 35.9 Å². The summed E-state index contributed by atoms with van der Waals surface area (Å²) in [7, 11) is 3.38. The molecule has 1 aliphatic heterocycles. The third kappa shape index (κ3) is 3.20. The van der Waals surface area contributed by atoms with Gasteiger partial charge in [-0.05, 0) is 19.4 Å². The van der Waals surface area contributed by atoms with Gasteiger partial charge in [0.2, 0.25) is 0 Å². The third-order valence-corrected chi connectivity index (χ3v) is 4.07. The summed E-state index contributed by atoms with van der Waals surface area (Å²) in [6.07, 6.45) is -0.219. The second kappa shape index (κ2) is 6.68. The first-order valence-electron chi connectivity index (χ1n) is 7.08. The van der Waals surface area contributed by atoms with E-state index in [1.54, 1.807) is 14.2 Å². The Morgan fingerprint density at radius 2 is 1.90 bits per heavy atom. The molecule has 1 fully saturated rings. The largest absolute Gasteiger partial charge is 0.382 e. The molecule has 0 spiro atoms. The highest BCUT2D eigenvalue weighted by atomic mass is 16.7. The van der Waals surface area contributed by atoms with E-state index in [9.17, 15) is 0 Å². The molecule has 0 bridgehead atoms. The number of hydrogen-bond donors (Lipinski definition) is 0. The Hall–Kier alpha value is -0.940. The van der Waals surface area contributed by atoms with Crippen molar-refractivity contribution in [2.45, 2.75) is 31.7 Å². The van der Waals surface area contributed by atoms with Gasteiger partial charge in [-0.2, -0.15) is 0 Å². The zero-order valence-corrected chi connectivity index (χ0v) is 12.8. The van der Waals surface area contributed by atoms with E-state index in [-0.39, 0.29) is 11.8 Å². The molecule has 1 heterocycles. The Labute approximate surface area is 121 Å². The van der Waals surface area contributed by atoms with Crippen LogP contribution in [-0.4, -0.2) is 50.7 Å². The number of nitrogens with zero attached hydrogens (tertiary/aromatic N) is 1. The monoisotopic (exact) mass is 279 g/mol. The summed E-state index contributed by atoms with van der Waals surface area (Å²) in [6, 6.07) is 10.9. The Morgan fingerprint density at radius 3 is 2.50 bits per heavy atom. The molecule has 1 aliphatic rings. The summed E-state index contributed by atoms with van der Waals surface area (Å²) in [4.78, 5) is 2.41. The molecule has 0 radical (unpaired) electrons. The van der Waals surface area contributed by atoms with Gasteiger partial charge in [0.15, 0.2) is 6.29 Å². The minimum Gasteiger partial charge on any atom is -0.382 e. The van der Waals surface area contributed by atoms with Crippen LogP contribution in [0.3, 0.4) is 0 Å². The van der Waals surface area contributed by atoms with E-state index >= 15 is 0 Å². The fraction of sp³-hybridized carbons (Fsp3) is 0.625. The van der Waals surface area contributed by atoms with E-state index in [1.165, 1.54) is 5.56 Å². The lowest BCUT2D eigenvalue weighted by Crippen LogP contribution is -2.36. The maximum atomic E-state index is 5.79. The topological polar surface area (TPSA) is 30.7 Å². The summed E-state index contributed by atoms with van der Waals surface area (Å²) in [6.45, 7) is 6.53. The fourth-order valence-corrected chi connectivity index (χ4v) is 2.75. The molecule has 20 heavy (non-hydrogen) atoms. The van der Waals surface area contributed by atoms with Gasteiger partial charge in [-0.25, -0.2) is 0 Å². The maximum Gasteiger partial charge on any atom is 0.176 e. The minimum absolute atomic E-state index is 0.0578. The van der Waals surface area contributed by atoms with Crippen LogP contribution in [0.2, 0.25) is 0 Å². The van der Waals surface area contributed by atoms with Crippen molar-refractivity contribution in [1.82, 2.24) is 4.90 Å². The quantitative estimate of drug-likeness (QED) is 0.415. The summed E-state index contributed by atoms with van der Waals surface area (Å²) >= 11 is 0. The van der Waals surface area contributed by atoms with Crippen LogP contribution in [0.15, 0.2) is 30.3 Å². The van der Waals surface area contributed by atoms with Gasteiger partial charge in [-0.1, -0.05) is 30.3 Å². The van der Waals surface area contributed by atoms with Gasteiger partial charge in [0.1, 0.15) is 0 Å². The van der Waals surface area contributed by atoms with E-state index in [0.717, 1.165) is 6.54 Å². The Kier molecular flexibility index (Phi) is 5.16. The molecule has 1 saturated heterocycles. The molecule has 4 atom stereocenters. The Bertz CT molecular complexity index is 411. The normalized spacial score (nSPS) is 28.1. The number of methoxy groups -OCH3 is 2. The molecule has 1 aromatic rings. The summed E-state index contributed by atoms with van der Waals surface area (Å²) < 4.78 is 16.3. The van der Waals surface area contributed by atoms with E-state index in [0.29, 0.717) is 19.3 Å². The Morgan fingerprint density at radius 1 is 1.20 bits per heavy atom. The predicted molar refractivity (Wildman–Crippen MR) is 78.6 cm³/mol. The molecule has 0 aromatic heterocycles. The summed E-state index contributed by atoms with van der Waals surface area (Å²) in [5, 5.41) is 0. The summed E-state index contributed by atoms with van der Waals surface area (Å²) in [5.41, 5.74) is 1.26. The SMILES string of the molecule is COCCOC(OC)C1(C)CN1C(C)c1ccccc1. The molecule has 4 nitrogen and oxygen atoms in total. The standard InChI is InChI=1S/C16H25NO3/c1-13(14-8-6-5-7-9-14)17-12-16(17,2)15(19-4)20-11-10-18-3/h5-9,13,15H,10-12H2,1-4H3. The minimum atomic E-state index is -0.219. The molecular formula is C16H25NO3. The van der Waals surface area contributed by atoms with Crippen molar-refractivity contribution >= 4 is 0 Å². The van der Waals surface area contributed by atoms with Gasteiger partial charge < -0.3 is 14.2 Å². The Balaban J connectivity index is 1.96. The van der Waals surface area contributed by atoms with E-state index in [2.05, 4.69) is 43.0 Å². The van der Waals surface area contributed by atoms with E-state index in [4.69, 9.17) is 14.2 Å². The van der Waals surface area contributed by atoms with Crippen molar-refractivity contribution in [2.24, 2.45) is 0 Å². The highest BCUT2D eigenvalue weighted by Crippen LogP contribution is 2.44. The highest BCUT2D eigenvalue weighted by Gasteiger charge is 2.56. The molecule has 0 aliphatic carbocycles. The number of rotatable bonds is 8. The van der Waals surface area contributed by atoms with Crippen LogP contribution in [0.25, 0.3) is 0 Å². The molecular weight excluding hydrogens is 254 g/mol. The van der Waals surface area contributed by atoms with Crippen molar-refractivity contribution in [3.8, 4) is 0 Å². The van der Waals surface area contributed by atoms with Gasteiger partial charge >= 0.3 is 0 Å². The highest BCUT2D eigenvalue weighted by molar-refractivity contribution is 5.22. The van der Waals surface area contributed by atoms with Crippen molar-refractivity contribution < 1.29 is 14.2 Å². The molecule has 112 valence electrons. The number of hydrogen-bond acceptors (Lipinski definition) is 4. The van der Waals surface area contributed by atoms with Crippen LogP contribution < -0.4 is 0 Å². The number of ether oxygens (including phenoxy) is 3. The van der Waals surface area contributed by atoms with Crippen LogP contribution >= 0.6 is 0 Å². The maximum absolute atomic E-state index is 5.79. The smallest absolute Gasteiger partial charge is 0.176 e. The van der Waals surface area contributed by atoms with Gasteiger partial charge in [0.05, 0.1) is 18.8 Å². The first kappa shape index (κ1) is 15.4. The van der Waals surface area contributed by atoms with Crippen molar-refractivity contribution in [1.29, 1.82) is 0 Å². The molecule has 1 aromatic carbocycles. The fourth-order valence-electron chi connectivity index (χ4n) is 2.75. The average Bonchev–Trinajstić information content (AvgIpc) is 3.17. The van der Waals surface area contributed by atoms with Crippen LogP contribution in [0.1, 0.15) is 25.5 Å². The average molecular weight is 279 g/mol. The second-order valence-electron chi connectivity index (χ2n) is 5.50. The zero-order valence-electron chi connectivity index (χ0n) is 12.8. The molecule has 4 unspecified atom stereocenters. The lowest BCUT2D eigenvalue weighted by molar-refractivity contribution is -0.157. The van der Waals surface area contributed by atoms with Gasteiger partial charge in [-0.3, -0.25) is 4.90 Å². The first-order chi connectivity index (χ1) is 9.63. The molecule has 0 amide bonds. The number of benzene rings is 1. The molecule has 0 saturated carbocycles. The first-order valence-corrected chi connectivity index (χ1v) is 7.08. The van der Waals surface area contributed by atoms with Crippen LogP contribution in [0.5, 0.6) is 0 Å². The van der Waals surface area contributed by atoms with Crippen molar-refractivity contribution in [3.63, 3.8) is 0 Å². The second-order valence-corrected chi connectivity index (χ2v) is 5.50. The van der Waals surface area contributed by atoms with Crippen LogP contribution in [-0.2, 0) is 14.2 Å². The van der Waals surface area contributed by atoms with E-state index < -0.39 is 0 Å².